The minimum Gasteiger partial charge on any atom is -0.493 e. The van der Waals surface area contributed by atoms with Crippen LogP contribution in [0.4, 0.5) is 5.69 Å². The fourth-order valence-electron chi connectivity index (χ4n) is 2.87. The first kappa shape index (κ1) is 18.4. The molecule has 24 heavy (non-hydrogen) atoms. The van der Waals surface area contributed by atoms with Gasteiger partial charge in [0.25, 0.3) is 0 Å². The summed E-state index contributed by atoms with van der Waals surface area (Å²) >= 11 is 0. The van der Waals surface area contributed by atoms with Gasteiger partial charge in [0.15, 0.2) is 17.5 Å². The number of anilines is 1. The molecule has 1 aromatic rings. The number of benzene rings is 1. The van der Waals surface area contributed by atoms with Crippen LogP contribution in [-0.4, -0.2) is 57.3 Å². The standard InChI is InChI=1S/C18H30N4O2/c1-5-19-18(20-13-15-8-7-11-22(15)3)21-14-9-10-16(24-6-2)17(12-14)23-4/h9-10,12,15H,5-8,11,13H2,1-4H3,(H2,19,20,21). The number of likely N-dealkylation sites (N-methyl/N-ethyl adjacent to an activating group) is 1. The van der Waals surface area contributed by atoms with Crippen molar-refractivity contribution < 1.29 is 9.47 Å². The minimum absolute atomic E-state index is 0.537. The van der Waals surface area contributed by atoms with Gasteiger partial charge in [0.05, 0.1) is 20.3 Å². The lowest BCUT2D eigenvalue weighted by molar-refractivity contribution is 0.311. The molecule has 1 aliphatic rings. The Bertz CT molecular complexity index is 548. The van der Waals surface area contributed by atoms with Gasteiger partial charge in [-0.2, -0.15) is 0 Å². The van der Waals surface area contributed by atoms with Crippen molar-refractivity contribution in [3.05, 3.63) is 18.2 Å². The zero-order valence-electron chi connectivity index (χ0n) is 15.3. The van der Waals surface area contributed by atoms with Gasteiger partial charge in [0.1, 0.15) is 0 Å². The van der Waals surface area contributed by atoms with E-state index in [4.69, 9.17) is 14.5 Å². The van der Waals surface area contributed by atoms with Gasteiger partial charge < -0.3 is 25.0 Å². The van der Waals surface area contributed by atoms with E-state index in [9.17, 15) is 0 Å². The number of likely N-dealkylation sites (tertiary alicyclic amines) is 1. The van der Waals surface area contributed by atoms with Crippen molar-refractivity contribution in [2.75, 3.05) is 45.7 Å². The highest BCUT2D eigenvalue weighted by Gasteiger charge is 2.20. The molecule has 0 amide bonds. The highest BCUT2D eigenvalue weighted by atomic mass is 16.5. The molecule has 134 valence electrons. The molecule has 6 heteroatoms. The average Bonchev–Trinajstić information content (AvgIpc) is 2.99. The zero-order chi connectivity index (χ0) is 17.4. The van der Waals surface area contributed by atoms with Crippen LogP contribution in [0.5, 0.6) is 11.5 Å². The van der Waals surface area contributed by atoms with Crippen LogP contribution in [0.1, 0.15) is 26.7 Å². The predicted octanol–water partition coefficient (Wildman–Crippen LogP) is 2.57. The van der Waals surface area contributed by atoms with Crippen molar-refractivity contribution in [2.45, 2.75) is 32.7 Å². The third-order valence-electron chi connectivity index (χ3n) is 4.20. The van der Waals surface area contributed by atoms with Crippen molar-refractivity contribution in [3.63, 3.8) is 0 Å². The van der Waals surface area contributed by atoms with E-state index < -0.39 is 0 Å². The molecule has 2 rings (SSSR count). The summed E-state index contributed by atoms with van der Waals surface area (Å²) in [6, 6.07) is 6.36. The second kappa shape index (κ2) is 9.37. The monoisotopic (exact) mass is 334 g/mol. The van der Waals surface area contributed by atoms with E-state index in [0.29, 0.717) is 18.4 Å². The molecule has 1 unspecified atom stereocenters. The van der Waals surface area contributed by atoms with Crippen molar-refractivity contribution in [1.29, 1.82) is 0 Å². The van der Waals surface area contributed by atoms with E-state index in [0.717, 1.165) is 30.5 Å². The highest BCUT2D eigenvalue weighted by molar-refractivity contribution is 5.93. The van der Waals surface area contributed by atoms with Crippen molar-refractivity contribution in [3.8, 4) is 11.5 Å². The normalized spacial score (nSPS) is 18.5. The third kappa shape index (κ3) is 5.03. The van der Waals surface area contributed by atoms with Crippen molar-refractivity contribution in [1.82, 2.24) is 10.2 Å². The lowest BCUT2D eigenvalue weighted by Crippen LogP contribution is -2.33. The van der Waals surface area contributed by atoms with Crippen molar-refractivity contribution in [2.24, 2.45) is 4.99 Å². The summed E-state index contributed by atoms with van der Waals surface area (Å²) in [5, 5.41) is 6.64. The molecule has 1 atom stereocenters. The lowest BCUT2D eigenvalue weighted by atomic mass is 10.2. The molecule has 0 spiro atoms. The van der Waals surface area contributed by atoms with Gasteiger partial charge in [0.2, 0.25) is 0 Å². The molecule has 2 N–H and O–H groups in total. The molecule has 0 aliphatic carbocycles. The maximum absolute atomic E-state index is 5.56. The van der Waals surface area contributed by atoms with Crippen LogP contribution in [0.15, 0.2) is 23.2 Å². The molecule has 1 aliphatic heterocycles. The average molecular weight is 334 g/mol. The number of guanidine groups is 1. The summed E-state index contributed by atoms with van der Waals surface area (Å²) < 4.78 is 11.0. The predicted molar refractivity (Wildman–Crippen MR) is 99.4 cm³/mol. The molecule has 1 fully saturated rings. The Hall–Kier alpha value is -1.95. The molecule has 0 saturated carbocycles. The molecule has 0 bridgehead atoms. The lowest BCUT2D eigenvalue weighted by Gasteiger charge is -2.18. The Kier molecular flexibility index (Phi) is 7.18. The Balaban J connectivity index is 2.06. The number of hydrogen-bond acceptors (Lipinski definition) is 4. The van der Waals surface area contributed by atoms with Crippen LogP contribution in [0.25, 0.3) is 0 Å². The van der Waals surface area contributed by atoms with Gasteiger partial charge in [-0.1, -0.05) is 0 Å². The second-order valence-electron chi connectivity index (χ2n) is 5.92. The largest absolute Gasteiger partial charge is 0.493 e. The molecule has 0 aromatic heterocycles. The van der Waals surface area contributed by atoms with Crippen LogP contribution in [0.3, 0.4) is 0 Å². The summed E-state index contributed by atoms with van der Waals surface area (Å²) in [4.78, 5) is 7.12. The topological polar surface area (TPSA) is 58.1 Å². The third-order valence-corrected chi connectivity index (χ3v) is 4.20. The summed E-state index contributed by atoms with van der Waals surface area (Å²) in [5.74, 6) is 2.26. The van der Waals surface area contributed by atoms with E-state index in [1.165, 1.54) is 19.4 Å². The summed E-state index contributed by atoms with van der Waals surface area (Å²) in [6.45, 7) is 7.43. The first-order chi connectivity index (χ1) is 11.7. The number of nitrogens with one attached hydrogen (secondary N) is 2. The van der Waals surface area contributed by atoms with E-state index in [1.807, 2.05) is 25.1 Å². The summed E-state index contributed by atoms with van der Waals surface area (Å²) in [5.41, 5.74) is 0.926. The quantitative estimate of drug-likeness (QED) is 0.593. The molecule has 0 radical (unpaired) electrons. The van der Waals surface area contributed by atoms with Crippen LogP contribution in [0.2, 0.25) is 0 Å². The first-order valence-corrected chi connectivity index (χ1v) is 8.74. The van der Waals surface area contributed by atoms with E-state index in [-0.39, 0.29) is 0 Å². The number of methoxy groups -OCH3 is 1. The van der Waals surface area contributed by atoms with Crippen LogP contribution < -0.4 is 20.1 Å². The van der Waals surface area contributed by atoms with Gasteiger partial charge in [-0.3, -0.25) is 4.99 Å². The summed E-state index contributed by atoms with van der Waals surface area (Å²) in [6.07, 6.45) is 2.48. The summed E-state index contributed by atoms with van der Waals surface area (Å²) in [7, 11) is 3.82. The molecule has 1 heterocycles. The van der Waals surface area contributed by atoms with E-state index >= 15 is 0 Å². The molecular formula is C18H30N4O2. The van der Waals surface area contributed by atoms with Gasteiger partial charge in [-0.25, -0.2) is 0 Å². The molecule has 1 saturated heterocycles. The van der Waals surface area contributed by atoms with E-state index in [1.54, 1.807) is 7.11 Å². The first-order valence-electron chi connectivity index (χ1n) is 8.74. The smallest absolute Gasteiger partial charge is 0.195 e. The number of aliphatic imine (C=N–C) groups is 1. The molecule has 6 nitrogen and oxygen atoms in total. The molecular weight excluding hydrogens is 304 g/mol. The van der Waals surface area contributed by atoms with E-state index in [2.05, 4.69) is 29.5 Å². The maximum atomic E-state index is 5.56. The highest BCUT2D eigenvalue weighted by Crippen LogP contribution is 2.30. The van der Waals surface area contributed by atoms with Gasteiger partial charge in [0, 0.05) is 24.3 Å². The Labute approximate surface area is 145 Å². The number of nitrogens with zero attached hydrogens (tertiary/aromatic N) is 2. The van der Waals surface area contributed by atoms with Crippen LogP contribution in [-0.2, 0) is 0 Å². The Morgan fingerprint density at radius 2 is 2.17 bits per heavy atom. The second-order valence-corrected chi connectivity index (χ2v) is 5.92. The number of hydrogen-bond donors (Lipinski definition) is 2. The number of rotatable bonds is 7. The molecule has 1 aromatic carbocycles. The fraction of sp³-hybridized carbons (Fsp3) is 0.611. The van der Waals surface area contributed by atoms with Gasteiger partial charge in [-0.05, 0) is 52.4 Å². The van der Waals surface area contributed by atoms with Crippen molar-refractivity contribution >= 4 is 11.6 Å². The van der Waals surface area contributed by atoms with Crippen LogP contribution >= 0.6 is 0 Å². The van der Waals surface area contributed by atoms with Gasteiger partial charge >= 0.3 is 0 Å². The van der Waals surface area contributed by atoms with Crippen LogP contribution in [0, 0.1) is 0 Å². The number of ether oxygens (including phenoxy) is 2. The zero-order valence-corrected chi connectivity index (χ0v) is 15.3. The Morgan fingerprint density at radius 1 is 1.33 bits per heavy atom. The Morgan fingerprint density at radius 3 is 2.79 bits per heavy atom. The maximum Gasteiger partial charge on any atom is 0.195 e. The fourth-order valence-corrected chi connectivity index (χ4v) is 2.87. The van der Waals surface area contributed by atoms with Gasteiger partial charge in [-0.15, -0.1) is 0 Å². The minimum atomic E-state index is 0.537. The SMILES string of the molecule is CCNC(=NCC1CCCN1C)Nc1ccc(OCC)c(OC)c1.